The molecule has 0 radical (unpaired) electrons. The van der Waals surface area contributed by atoms with E-state index in [9.17, 15) is 9.59 Å². The maximum Gasteiger partial charge on any atom is 0.322 e. The van der Waals surface area contributed by atoms with Crippen LogP contribution in [0.4, 0.5) is 6.01 Å². The van der Waals surface area contributed by atoms with Crippen LogP contribution in [0.1, 0.15) is 0 Å². The van der Waals surface area contributed by atoms with Crippen LogP contribution in [0.3, 0.4) is 0 Å². The first-order valence-corrected chi connectivity index (χ1v) is 5.23. The van der Waals surface area contributed by atoms with Gasteiger partial charge in [0.1, 0.15) is 12.1 Å². The number of carboxylic acid groups (broad SMARTS) is 1. The quantitative estimate of drug-likeness (QED) is 0.710. The summed E-state index contributed by atoms with van der Waals surface area (Å²) in [5.41, 5.74) is 1.30. The van der Waals surface area contributed by atoms with Crippen LogP contribution in [0.5, 0.6) is 0 Å². The van der Waals surface area contributed by atoms with Crippen LogP contribution in [-0.2, 0) is 9.59 Å². The van der Waals surface area contributed by atoms with Crippen LogP contribution in [0.25, 0.3) is 11.1 Å². The van der Waals surface area contributed by atoms with Crippen LogP contribution < -0.4 is 10.6 Å². The SMILES string of the molecule is O=C(O)CNC(=O)CNc1nc2ccccc2o1. The van der Waals surface area contributed by atoms with Crippen molar-refractivity contribution in [2.24, 2.45) is 0 Å². The van der Waals surface area contributed by atoms with Crippen LogP contribution in [-0.4, -0.2) is 35.1 Å². The molecule has 2 rings (SSSR count). The van der Waals surface area contributed by atoms with Crippen molar-refractivity contribution < 1.29 is 19.1 Å². The Morgan fingerprint density at radius 2 is 2.06 bits per heavy atom. The Morgan fingerprint density at radius 3 is 2.78 bits per heavy atom. The average molecular weight is 249 g/mol. The molecule has 3 N–H and O–H groups in total. The zero-order valence-corrected chi connectivity index (χ0v) is 9.34. The normalized spacial score (nSPS) is 10.2. The first-order chi connectivity index (χ1) is 8.65. The van der Waals surface area contributed by atoms with Crippen molar-refractivity contribution in [2.45, 2.75) is 0 Å². The standard InChI is InChI=1S/C11H11N3O4/c15-9(12-6-10(16)17)5-13-11-14-7-3-1-2-4-8(7)18-11/h1-4H,5-6H2,(H,12,15)(H,13,14)(H,16,17). The number of benzene rings is 1. The number of aliphatic carboxylic acids is 1. The van der Waals surface area contributed by atoms with Crippen molar-refractivity contribution in [3.63, 3.8) is 0 Å². The Balaban J connectivity index is 1.90. The summed E-state index contributed by atoms with van der Waals surface area (Å²) in [7, 11) is 0. The van der Waals surface area contributed by atoms with Gasteiger partial charge < -0.3 is 20.2 Å². The predicted molar refractivity (Wildman–Crippen MR) is 63.1 cm³/mol. The molecular weight excluding hydrogens is 238 g/mol. The van der Waals surface area contributed by atoms with Crippen molar-refractivity contribution >= 4 is 29.0 Å². The molecule has 0 aliphatic heterocycles. The number of hydrogen-bond acceptors (Lipinski definition) is 5. The molecule has 0 atom stereocenters. The highest BCUT2D eigenvalue weighted by molar-refractivity contribution is 5.84. The van der Waals surface area contributed by atoms with Gasteiger partial charge in [-0.25, -0.2) is 0 Å². The number of anilines is 1. The smallest absolute Gasteiger partial charge is 0.322 e. The molecule has 0 fully saturated rings. The third kappa shape index (κ3) is 2.97. The first-order valence-electron chi connectivity index (χ1n) is 5.23. The summed E-state index contributed by atoms with van der Waals surface area (Å²) in [5, 5.41) is 13.3. The number of oxazole rings is 1. The lowest BCUT2D eigenvalue weighted by Crippen LogP contribution is -2.33. The maximum atomic E-state index is 11.2. The molecule has 1 aromatic carbocycles. The van der Waals surface area contributed by atoms with Crippen molar-refractivity contribution in [1.82, 2.24) is 10.3 Å². The third-order valence-electron chi connectivity index (χ3n) is 2.13. The first kappa shape index (κ1) is 11.9. The molecule has 94 valence electrons. The number of fused-ring (bicyclic) bond motifs is 1. The Labute approximate surface area is 102 Å². The van der Waals surface area contributed by atoms with Gasteiger partial charge in [0.2, 0.25) is 5.91 Å². The van der Waals surface area contributed by atoms with Gasteiger partial charge >= 0.3 is 5.97 Å². The van der Waals surface area contributed by atoms with Gasteiger partial charge in [-0.15, -0.1) is 0 Å². The second kappa shape index (κ2) is 5.17. The zero-order valence-electron chi connectivity index (χ0n) is 9.34. The number of amides is 1. The third-order valence-corrected chi connectivity index (χ3v) is 2.13. The van der Waals surface area contributed by atoms with Crippen molar-refractivity contribution in [1.29, 1.82) is 0 Å². The Kier molecular flexibility index (Phi) is 3.42. The summed E-state index contributed by atoms with van der Waals surface area (Å²) in [5.74, 6) is -1.54. The molecule has 7 nitrogen and oxygen atoms in total. The van der Waals surface area contributed by atoms with Gasteiger partial charge in [-0.3, -0.25) is 9.59 Å². The van der Waals surface area contributed by atoms with Crippen LogP contribution in [0.15, 0.2) is 28.7 Å². The number of nitrogens with one attached hydrogen (secondary N) is 2. The molecule has 0 aliphatic carbocycles. The lowest BCUT2D eigenvalue weighted by molar-refractivity contribution is -0.137. The summed E-state index contributed by atoms with van der Waals surface area (Å²) in [6.07, 6.45) is 0. The number of carboxylic acids is 1. The van der Waals surface area contributed by atoms with E-state index in [2.05, 4.69) is 15.6 Å². The molecule has 2 aromatic rings. The molecular formula is C11H11N3O4. The second-order valence-corrected chi connectivity index (χ2v) is 3.51. The van der Waals surface area contributed by atoms with Gasteiger partial charge in [-0.2, -0.15) is 4.98 Å². The molecule has 0 aliphatic rings. The minimum atomic E-state index is -1.09. The Hall–Kier alpha value is -2.57. The lowest BCUT2D eigenvalue weighted by Gasteiger charge is -2.01. The Morgan fingerprint density at radius 1 is 1.28 bits per heavy atom. The van der Waals surface area contributed by atoms with Crippen molar-refractivity contribution in [2.75, 3.05) is 18.4 Å². The van der Waals surface area contributed by atoms with E-state index in [-0.39, 0.29) is 12.6 Å². The molecule has 0 unspecified atom stereocenters. The molecule has 1 amide bonds. The highest BCUT2D eigenvalue weighted by Gasteiger charge is 2.07. The van der Waals surface area contributed by atoms with Crippen LogP contribution in [0, 0.1) is 0 Å². The van der Waals surface area contributed by atoms with Gasteiger partial charge in [0.05, 0.1) is 6.54 Å². The molecule has 0 saturated carbocycles. The molecule has 7 heteroatoms. The van der Waals surface area contributed by atoms with Crippen molar-refractivity contribution in [3.8, 4) is 0 Å². The molecule has 0 spiro atoms. The summed E-state index contributed by atoms with van der Waals surface area (Å²) in [4.78, 5) is 25.6. The average Bonchev–Trinajstić information content (AvgIpc) is 2.76. The summed E-state index contributed by atoms with van der Waals surface area (Å²) in [6.45, 7) is -0.506. The van der Waals surface area contributed by atoms with E-state index in [0.29, 0.717) is 11.1 Å². The molecule has 0 saturated heterocycles. The van der Waals surface area contributed by atoms with E-state index in [1.807, 2.05) is 12.1 Å². The van der Waals surface area contributed by atoms with E-state index in [0.717, 1.165) is 0 Å². The van der Waals surface area contributed by atoms with Gasteiger partial charge in [-0.05, 0) is 12.1 Å². The second-order valence-electron chi connectivity index (χ2n) is 3.51. The number of nitrogens with zero attached hydrogens (tertiary/aromatic N) is 1. The minimum Gasteiger partial charge on any atom is -0.480 e. The number of para-hydroxylation sites is 2. The molecule has 1 heterocycles. The summed E-state index contributed by atoms with van der Waals surface area (Å²) >= 11 is 0. The lowest BCUT2D eigenvalue weighted by atomic mass is 10.3. The highest BCUT2D eigenvalue weighted by atomic mass is 16.4. The fourth-order valence-corrected chi connectivity index (χ4v) is 1.34. The van der Waals surface area contributed by atoms with Crippen LogP contribution >= 0.6 is 0 Å². The summed E-state index contributed by atoms with van der Waals surface area (Å²) < 4.78 is 5.33. The Bertz CT molecular complexity index is 545. The number of carbonyl (C=O) groups excluding carboxylic acids is 1. The number of hydrogen-bond donors (Lipinski definition) is 3. The van der Waals surface area contributed by atoms with E-state index < -0.39 is 18.4 Å². The van der Waals surface area contributed by atoms with E-state index >= 15 is 0 Å². The molecule has 1 aromatic heterocycles. The van der Waals surface area contributed by atoms with Gasteiger partial charge in [0.25, 0.3) is 6.01 Å². The highest BCUT2D eigenvalue weighted by Crippen LogP contribution is 2.17. The minimum absolute atomic E-state index is 0.0971. The number of rotatable bonds is 5. The number of aromatic nitrogens is 1. The fraction of sp³-hybridized carbons (Fsp3) is 0.182. The predicted octanol–water partition coefficient (Wildman–Crippen LogP) is 0.440. The zero-order chi connectivity index (χ0) is 13.0. The topological polar surface area (TPSA) is 104 Å². The van der Waals surface area contributed by atoms with Gasteiger partial charge in [-0.1, -0.05) is 12.1 Å². The molecule has 0 bridgehead atoms. The van der Waals surface area contributed by atoms with Crippen molar-refractivity contribution in [3.05, 3.63) is 24.3 Å². The van der Waals surface area contributed by atoms with E-state index in [1.54, 1.807) is 12.1 Å². The van der Waals surface area contributed by atoms with E-state index in [1.165, 1.54) is 0 Å². The molecule has 18 heavy (non-hydrogen) atoms. The maximum absolute atomic E-state index is 11.2. The van der Waals surface area contributed by atoms with Gasteiger partial charge in [0, 0.05) is 0 Å². The fourth-order valence-electron chi connectivity index (χ4n) is 1.34. The largest absolute Gasteiger partial charge is 0.480 e. The van der Waals surface area contributed by atoms with E-state index in [4.69, 9.17) is 9.52 Å². The monoisotopic (exact) mass is 249 g/mol. The summed E-state index contributed by atoms with van der Waals surface area (Å²) in [6, 6.07) is 7.42. The number of carbonyl (C=O) groups is 2. The van der Waals surface area contributed by atoms with Gasteiger partial charge in [0.15, 0.2) is 5.58 Å². The van der Waals surface area contributed by atoms with Crippen LogP contribution in [0.2, 0.25) is 0 Å².